The van der Waals surface area contributed by atoms with Gasteiger partial charge in [0.15, 0.2) is 11.6 Å². The highest BCUT2D eigenvalue weighted by molar-refractivity contribution is 9.10. The number of halogens is 3. The lowest BCUT2D eigenvalue weighted by molar-refractivity contribution is 0.290. The van der Waals surface area contributed by atoms with Crippen LogP contribution in [0.5, 0.6) is 5.75 Å². The molecule has 0 aliphatic heterocycles. The van der Waals surface area contributed by atoms with E-state index in [-0.39, 0.29) is 11.6 Å². The molecule has 0 unspecified atom stereocenters. The van der Waals surface area contributed by atoms with Crippen molar-refractivity contribution in [2.24, 2.45) is 0 Å². The van der Waals surface area contributed by atoms with Crippen LogP contribution in [0, 0.1) is 5.82 Å². The van der Waals surface area contributed by atoms with Crippen LogP contribution in [0.1, 0.15) is 5.56 Å². The van der Waals surface area contributed by atoms with Crippen molar-refractivity contribution in [3.05, 3.63) is 62.8 Å². The Morgan fingerprint density at radius 1 is 0.941 bits per heavy atom. The average molecular weight is 360 g/mol. The Balaban J connectivity index is 2.07. The van der Waals surface area contributed by atoms with Crippen LogP contribution in [0.3, 0.4) is 0 Å². The van der Waals surface area contributed by atoms with E-state index in [9.17, 15) is 4.39 Å². The molecule has 0 saturated carbocycles. The van der Waals surface area contributed by atoms with E-state index in [1.165, 1.54) is 6.07 Å². The number of benzene rings is 2. The molecule has 0 amide bonds. The summed E-state index contributed by atoms with van der Waals surface area (Å²) in [6.45, 7) is 0.348. The molecule has 0 radical (unpaired) electrons. The van der Waals surface area contributed by atoms with Gasteiger partial charge < -0.3 is 4.74 Å². The standard InChI is InChI=1S/C13H9Br2FO/c14-10-3-1-9(2-4-10)8-17-13-7-11(15)5-6-12(13)16/h1-7H,8H2. The first kappa shape index (κ1) is 12.6. The normalized spacial score (nSPS) is 10.3. The van der Waals surface area contributed by atoms with Crippen LogP contribution in [0.4, 0.5) is 4.39 Å². The largest absolute Gasteiger partial charge is 0.486 e. The number of ether oxygens (including phenoxy) is 1. The van der Waals surface area contributed by atoms with Crippen molar-refractivity contribution in [1.29, 1.82) is 0 Å². The molecule has 0 aliphatic rings. The summed E-state index contributed by atoms with van der Waals surface area (Å²) >= 11 is 6.63. The van der Waals surface area contributed by atoms with Crippen LogP contribution < -0.4 is 4.74 Å². The van der Waals surface area contributed by atoms with Crippen molar-refractivity contribution >= 4 is 31.9 Å². The molecule has 17 heavy (non-hydrogen) atoms. The minimum absolute atomic E-state index is 0.252. The second-order valence-corrected chi connectivity index (χ2v) is 5.32. The van der Waals surface area contributed by atoms with Crippen LogP contribution >= 0.6 is 31.9 Å². The van der Waals surface area contributed by atoms with Crippen molar-refractivity contribution in [3.63, 3.8) is 0 Å². The van der Waals surface area contributed by atoms with Gasteiger partial charge in [0.1, 0.15) is 6.61 Å². The monoisotopic (exact) mass is 358 g/mol. The minimum atomic E-state index is -0.356. The van der Waals surface area contributed by atoms with E-state index in [0.29, 0.717) is 6.61 Å². The molecular weight excluding hydrogens is 351 g/mol. The predicted octanol–water partition coefficient (Wildman–Crippen LogP) is 4.93. The van der Waals surface area contributed by atoms with Crippen LogP contribution in [0.2, 0.25) is 0 Å². The van der Waals surface area contributed by atoms with E-state index in [4.69, 9.17) is 4.74 Å². The molecular formula is C13H9Br2FO. The second-order valence-electron chi connectivity index (χ2n) is 3.49. The zero-order chi connectivity index (χ0) is 12.3. The zero-order valence-electron chi connectivity index (χ0n) is 8.79. The van der Waals surface area contributed by atoms with E-state index >= 15 is 0 Å². The third-order valence-electron chi connectivity index (χ3n) is 2.20. The molecule has 0 aliphatic carbocycles. The Morgan fingerprint density at radius 2 is 1.59 bits per heavy atom. The van der Waals surface area contributed by atoms with Gasteiger partial charge in [-0.25, -0.2) is 4.39 Å². The molecule has 4 heteroatoms. The number of rotatable bonds is 3. The highest BCUT2D eigenvalue weighted by Crippen LogP contribution is 2.23. The maximum Gasteiger partial charge on any atom is 0.165 e. The topological polar surface area (TPSA) is 9.23 Å². The summed E-state index contributed by atoms with van der Waals surface area (Å²) in [5, 5.41) is 0. The van der Waals surface area contributed by atoms with Gasteiger partial charge in [0, 0.05) is 8.95 Å². The quantitative estimate of drug-likeness (QED) is 0.754. The molecule has 0 fully saturated rings. The lowest BCUT2D eigenvalue weighted by atomic mass is 10.2. The van der Waals surface area contributed by atoms with Gasteiger partial charge in [-0.2, -0.15) is 0 Å². The Bertz CT molecular complexity index is 511. The molecule has 1 nitrogen and oxygen atoms in total. The van der Waals surface area contributed by atoms with E-state index in [1.54, 1.807) is 12.1 Å². The van der Waals surface area contributed by atoms with E-state index in [0.717, 1.165) is 14.5 Å². The molecule has 0 aromatic heterocycles. The van der Waals surface area contributed by atoms with Crippen molar-refractivity contribution in [2.45, 2.75) is 6.61 Å². The van der Waals surface area contributed by atoms with Gasteiger partial charge >= 0.3 is 0 Å². The Hall–Kier alpha value is -0.870. The van der Waals surface area contributed by atoms with E-state index in [1.807, 2.05) is 24.3 Å². The first-order valence-electron chi connectivity index (χ1n) is 4.97. The van der Waals surface area contributed by atoms with Gasteiger partial charge in [-0.15, -0.1) is 0 Å². The lowest BCUT2D eigenvalue weighted by Crippen LogP contribution is -1.97. The van der Waals surface area contributed by atoms with Crippen LogP contribution in [-0.2, 0) is 6.61 Å². The Kier molecular flexibility index (Phi) is 4.18. The van der Waals surface area contributed by atoms with Gasteiger partial charge in [-0.3, -0.25) is 0 Å². The molecule has 0 saturated heterocycles. The molecule has 0 spiro atoms. The summed E-state index contributed by atoms with van der Waals surface area (Å²) < 4.78 is 20.6. The van der Waals surface area contributed by atoms with Crippen LogP contribution in [0.15, 0.2) is 51.4 Å². The fourth-order valence-electron chi connectivity index (χ4n) is 1.33. The summed E-state index contributed by atoms with van der Waals surface area (Å²) in [6, 6.07) is 12.4. The summed E-state index contributed by atoms with van der Waals surface area (Å²) in [6.07, 6.45) is 0. The SMILES string of the molecule is Fc1ccc(Br)cc1OCc1ccc(Br)cc1. The number of hydrogen-bond acceptors (Lipinski definition) is 1. The van der Waals surface area contributed by atoms with Gasteiger partial charge in [-0.1, -0.05) is 44.0 Å². The maximum atomic E-state index is 13.4. The molecule has 0 bridgehead atoms. The fourth-order valence-corrected chi connectivity index (χ4v) is 1.93. The van der Waals surface area contributed by atoms with Crippen LogP contribution in [-0.4, -0.2) is 0 Å². The summed E-state index contributed by atoms with van der Waals surface area (Å²) in [4.78, 5) is 0. The molecule has 0 heterocycles. The Morgan fingerprint density at radius 3 is 2.29 bits per heavy atom. The third-order valence-corrected chi connectivity index (χ3v) is 3.22. The predicted molar refractivity (Wildman–Crippen MR) is 72.6 cm³/mol. The smallest absolute Gasteiger partial charge is 0.165 e. The number of hydrogen-bond donors (Lipinski definition) is 0. The van der Waals surface area contributed by atoms with Gasteiger partial charge in [0.25, 0.3) is 0 Å². The van der Waals surface area contributed by atoms with Crippen molar-refractivity contribution in [3.8, 4) is 5.75 Å². The molecule has 0 atom stereocenters. The second kappa shape index (κ2) is 5.65. The van der Waals surface area contributed by atoms with Crippen molar-refractivity contribution in [2.75, 3.05) is 0 Å². The van der Waals surface area contributed by atoms with Gasteiger partial charge in [-0.05, 0) is 35.9 Å². The first-order valence-corrected chi connectivity index (χ1v) is 6.56. The van der Waals surface area contributed by atoms with Crippen molar-refractivity contribution < 1.29 is 9.13 Å². The maximum absolute atomic E-state index is 13.4. The molecule has 2 aromatic carbocycles. The zero-order valence-corrected chi connectivity index (χ0v) is 12.0. The lowest BCUT2D eigenvalue weighted by Gasteiger charge is -2.07. The summed E-state index contributed by atoms with van der Waals surface area (Å²) in [7, 11) is 0. The minimum Gasteiger partial charge on any atom is -0.486 e. The van der Waals surface area contributed by atoms with E-state index in [2.05, 4.69) is 31.9 Å². The van der Waals surface area contributed by atoms with Gasteiger partial charge in [0.05, 0.1) is 0 Å². The first-order chi connectivity index (χ1) is 8.15. The van der Waals surface area contributed by atoms with Crippen molar-refractivity contribution in [1.82, 2.24) is 0 Å². The van der Waals surface area contributed by atoms with E-state index < -0.39 is 0 Å². The molecule has 2 aromatic rings. The fraction of sp³-hybridized carbons (Fsp3) is 0.0769. The van der Waals surface area contributed by atoms with Crippen LogP contribution in [0.25, 0.3) is 0 Å². The molecule has 0 N–H and O–H groups in total. The van der Waals surface area contributed by atoms with Gasteiger partial charge in [0.2, 0.25) is 0 Å². The highest BCUT2D eigenvalue weighted by atomic mass is 79.9. The average Bonchev–Trinajstić information content (AvgIpc) is 2.32. The highest BCUT2D eigenvalue weighted by Gasteiger charge is 2.04. The molecule has 2 rings (SSSR count). The summed E-state index contributed by atoms with van der Waals surface area (Å²) in [5.74, 6) is -0.104. The molecule has 88 valence electrons. The summed E-state index contributed by atoms with van der Waals surface area (Å²) in [5.41, 5.74) is 0.993. The Labute approximate surface area is 116 Å². The third kappa shape index (κ3) is 3.54.